The molecule has 18 heavy (non-hydrogen) atoms. The molecule has 0 bridgehead atoms. The number of thioether (sulfide) groups is 1. The van der Waals surface area contributed by atoms with Crippen molar-refractivity contribution in [2.45, 2.75) is 31.4 Å². The van der Waals surface area contributed by atoms with E-state index in [0.29, 0.717) is 11.5 Å². The van der Waals surface area contributed by atoms with Crippen molar-refractivity contribution >= 4 is 23.3 Å². The summed E-state index contributed by atoms with van der Waals surface area (Å²) >= 11 is 1.98. The van der Waals surface area contributed by atoms with Crippen LogP contribution in [0.5, 0.6) is 0 Å². The first-order valence-electron chi connectivity index (χ1n) is 6.00. The molecule has 1 aliphatic rings. The van der Waals surface area contributed by atoms with Gasteiger partial charge in [-0.1, -0.05) is 0 Å². The summed E-state index contributed by atoms with van der Waals surface area (Å²) in [6.45, 7) is 4.76. The second-order valence-electron chi connectivity index (χ2n) is 4.81. The van der Waals surface area contributed by atoms with E-state index in [2.05, 4.69) is 17.2 Å². The monoisotopic (exact) mass is 267 g/mol. The van der Waals surface area contributed by atoms with E-state index in [9.17, 15) is 10.1 Å². The number of pyridine rings is 1. The van der Waals surface area contributed by atoms with Gasteiger partial charge in [-0.2, -0.15) is 11.8 Å². The van der Waals surface area contributed by atoms with Crippen LogP contribution >= 0.6 is 11.8 Å². The average Bonchev–Trinajstić information content (AvgIpc) is 2.74. The number of nitro groups is 1. The number of hydrogen-bond donors (Lipinski definition) is 1. The molecule has 2 rings (SSSR count). The summed E-state index contributed by atoms with van der Waals surface area (Å²) in [5.74, 6) is 1.93. The number of hydrogen-bond acceptors (Lipinski definition) is 5. The normalized spacial score (nSPS) is 23.0. The Kier molecular flexibility index (Phi) is 3.75. The van der Waals surface area contributed by atoms with Crippen LogP contribution in [0.25, 0.3) is 0 Å². The molecule has 2 heterocycles. The summed E-state index contributed by atoms with van der Waals surface area (Å²) in [5.41, 5.74) is 0.524. The molecule has 1 aliphatic heterocycles. The lowest BCUT2D eigenvalue weighted by Gasteiger charge is -2.23. The van der Waals surface area contributed by atoms with Crippen molar-refractivity contribution in [3.05, 3.63) is 27.9 Å². The van der Waals surface area contributed by atoms with Crippen LogP contribution < -0.4 is 5.32 Å². The fraction of sp³-hybridized carbons (Fsp3) is 0.583. The van der Waals surface area contributed by atoms with E-state index in [0.717, 1.165) is 6.54 Å². The van der Waals surface area contributed by atoms with E-state index in [4.69, 9.17) is 0 Å². The predicted octanol–water partition coefficient (Wildman–Crippen LogP) is 3.00. The Morgan fingerprint density at radius 1 is 1.61 bits per heavy atom. The molecule has 0 amide bonds. The Hall–Kier alpha value is -1.30. The molecule has 0 radical (unpaired) electrons. The first-order chi connectivity index (χ1) is 8.50. The number of anilines is 1. The third-order valence-corrected chi connectivity index (χ3v) is 4.74. The Morgan fingerprint density at radius 2 is 2.39 bits per heavy atom. The summed E-state index contributed by atoms with van der Waals surface area (Å²) in [6, 6.07) is 3.18. The molecular formula is C12H17N3O2S. The quantitative estimate of drug-likeness (QED) is 0.671. The second-order valence-corrected chi connectivity index (χ2v) is 6.50. The van der Waals surface area contributed by atoms with Crippen molar-refractivity contribution in [2.24, 2.45) is 0 Å². The van der Waals surface area contributed by atoms with E-state index >= 15 is 0 Å². The number of nitrogens with one attached hydrogen (secondary N) is 1. The summed E-state index contributed by atoms with van der Waals surface area (Å²) in [5, 5.41) is 14.0. The van der Waals surface area contributed by atoms with Crippen molar-refractivity contribution < 1.29 is 4.92 Å². The van der Waals surface area contributed by atoms with Crippen LogP contribution in [0.3, 0.4) is 0 Å². The molecule has 6 heteroatoms. The molecule has 1 atom stereocenters. The molecule has 98 valence electrons. The molecule has 0 aromatic carbocycles. The molecular weight excluding hydrogens is 250 g/mol. The summed E-state index contributed by atoms with van der Waals surface area (Å²) in [4.78, 5) is 14.5. The van der Waals surface area contributed by atoms with Crippen molar-refractivity contribution in [3.8, 4) is 0 Å². The highest BCUT2D eigenvalue weighted by Gasteiger charge is 2.29. The number of rotatable bonds is 4. The first kappa shape index (κ1) is 13.1. The van der Waals surface area contributed by atoms with Gasteiger partial charge in [-0.05, 0) is 38.5 Å². The van der Waals surface area contributed by atoms with Crippen LogP contribution in [-0.4, -0.2) is 27.0 Å². The maximum Gasteiger partial charge on any atom is 0.290 e. The number of aromatic nitrogens is 1. The van der Waals surface area contributed by atoms with Crippen molar-refractivity contribution in [1.82, 2.24) is 4.98 Å². The van der Waals surface area contributed by atoms with Gasteiger partial charge in [0.15, 0.2) is 0 Å². The van der Waals surface area contributed by atoms with Gasteiger partial charge in [0.05, 0.1) is 4.92 Å². The van der Waals surface area contributed by atoms with E-state index in [1.807, 2.05) is 11.8 Å². The van der Waals surface area contributed by atoms with Crippen LogP contribution in [0, 0.1) is 17.0 Å². The first-order valence-corrected chi connectivity index (χ1v) is 6.99. The molecule has 5 nitrogen and oxygen atoms in total. The zero-order valence-electron chi connectivity index (χ0n) is 10.6. The Balaban J connectivity index is 2.02. The SMILES string of the molecule is Cc1nc(NCC2(C)CCCS2)ccc1[N+](=O)[O-]. The minimum atomic E-state index is -0.403. The minimum absolute atomic E-state index is 0.0713. The molecule has 0 spiro atoms. The number of aryl methyl sites for hydroxylation is 1. The standard InChI is InChI=1S/C12H17N3O2S/c1-9-10(15(16)17)4-5-11(14-9)13-8-12(2)6-3-7-18-12/h4-5H,3,6-8H2,1-2H3,(H,13,14). The fourth-order valence-electron chi connectivity index (χ4n) is 2.10. The lowest BCUT2D eigenvalue weighted by molar-refractivity contribution is -0.385. The minimum Gasteiger partial charge on any atom is -0.369 e. The van der Waals surface area contributed by atoms with Crippen LogP contribution in [0.2, 0.25) is 0 Å². The predicted molar refractivity (Wildman–Crippen MR) is 74.2 cm³/mol. The van der Waals surface area contributed by atoms with E-state index < -0.39 is 4.92 Å². The van der Waals surface area contributed by atoms with Gasteiger partial charge >= 0.3 is 0 Å². The van der Waals surface area contributed by atoms with Gasteiger partial charge in [0.25, 0.3) is 5.69 Å². The Labute approximate surface area is 111 Å². The maximum atomic E-state index is 10.7. The second kappa shape index (κ2) is 5.14. The van der Waals surface area contributed by atoms with Gasteiger partial charge in [0.2, 0.25) is 0 Å². The molecule has 1 aromatic heterocycles. The molecule has 0 aliphatic carbocycles. The average molecular weight is 267 g/mol. The highest BCUT2D eigenvalue weighted by Crippen LogP contribution is 2.37. The van der Waals surface area contributed by atoms with E-state index in [-0.39, 0.29) is 10.4 Å². The van der Waals surface area contributed by atoms with E-state index in [1.54, 1.807) is 13.0 Å². The molecule has 1 N–H and O–H groups in total. The number of nitrogens with zero attached hydrogens (tertiary/aromatic N) is 2. The molecule has 1 fully saturated rings. The van der Waals surface area contributed by atoms with Crippen LogP contribution in [0.4, 0.5) is 11.5 Å². The van der Waals surface area contributed by atoms with Crippen LogP contribution in [0.15, 0.2) is 12.1 Å². The van der Waals surface area contributed by atoms with Gasteiger partial charge in [0.1, 0.15) is 11.5 Å². The summed E-state index contributed by atoms with van der Waals surface area (Å²) in [7, 11) is 0. The lowest BCUT2D eigenvalue weighted by atomic mass is 10.1. The highest BCUT2D eigenvalue weighted by molar-refractivity contribution is 8.00. The maximum absolute atomic E-state index is 10.7. The molecule has 1 aromatic rings. The Bertz CT molecular complexity index is 459. The van der Waals surface area contributed by atoms with Crippen molar-refractivity contribution in [2.75, 3.05) is 17.6 Å². The highest BCUT2D eigenvalue weighted by atomic mass is 32.2. The Morgan fingerprint density at radius 3 is 2.94 bits per heavy atom. The van der Waals surface area contributed by atoms with Gasteiger partial charge in [-0.15, -0.1) is 0 Å². The topological polar surface area (TPSA) is 68.1 Å². The lowest BCUT2D eigenvalue weighted by Crippen LogP contribution is -2.27. The summed E-state index contributed by atoms with van der Waals surface area (Å²) in [6.07, 6.45) is 2.46. The van der Waals surface area contributed by atoms with Crippen LogP contribution in [-0.2, 0) is 0 Å². The third-order valence-electron chi connectivity index (χ3n) is 3.20. The van der Waals surface area contributed by atoms with Gasteiger partial charge in [-0.25, -0.2) is 4.98 Å². The van der Waals surface area contributed by atoms with E-state index in [1.165, 1.54) is 24.7 Å². The largest absolute Gasteiger partial charge is 0.369 e. The molecule has 1 unspecified atom stereocenters. The summed E-state index contributed by atoms with van der Waals surface area (Å²) < 4.78 is 0.261. The molecule has 0 saturated carbocycles. The van der Waals surface area contributed by atoms with Crippen LogP contribution in [0.1, 0.15) is 25.5 Å². The smallest absolute Gasteiger partial charge is 0.290 e. The fourth-order valence-corrected chi connectivity index (χ4v) is 3.34. The zero-order chi connectivity index (χ0) is 13.2. The van der Waals surface area contributed by atoms with Gasteiger partial charge in [0, 0.05) is 17.4 Å². The van der Waals surface area contributed by atoms with Gasteiger partial charge < -0.3 is 5.32 Å². The van der Waals surface area contributed by atoms with Crippen molar-refractivity contribution in [3.63, 3.8) is 0 Å². The zero-order valence-corrected chi connectivity index (χ0v) is 11.4. The third kappa shape index (κ3) is 2.93. The van der Waals surface area contributed by atoms with Gasteiger partial charge in [-0.3, -0.25) is 10.1 Å². The molecule has 1 saturated heterocycles. The van der Waals surface area contributed by atoms with Crippen molar-refractivity contribution in [1.29, 1.82) is 0 Å².